The molecule has 21 heavy (non-hydrogen) atoms. The third-order valence-electron chi connectivity index (χ3n) is 2.12. The number of rotatable bonds is 2. The molecule has 3 radical (unpaired) electrons. The Labute approximate surface area is 152 Å². The molecule has 0 aliphatic rings. The van der Waals surface area contributed by atoms with Gasteiger partial charge < -0.3 is 0 Å². The van der Waals surface area contributed by atoms with E-state index < -0.39 is 0 Å². The van der Waals surface area contributed by atoms with E-state index in [1.54, 1.807) is 12.1 Å². The molecule has 0 fully saturated rings. The van der Waals surface area contributed by atoms with Crippen LogP contribution in [0.2, 0.25) is 0 Å². The summed E-state index contributed by atoms with van der Waals surface area (Å²) in [6.07, 6.45) is 0. The molecule has 0 N–H and O–H groups in total. The fourth-order valence-electron chi connectivity index (χ4n) is 1.23. The summed E-state index contributed by atoms with van der Waals surface area (Å²) in [6, 6.07) is 11.1. The monoisotopic (exact) mass is 603 g/mol. The summed E-state index contributed by atoms with van der Waals surface area (Å²) >= 11 is 4.56. The Morgan fingerprint density at radius 3 is 1.29 bits per heavy atom. The van der Waals surface area contributed by atoms with Gasteiger partial charge in [0.15, 0.2) is 0 Å². The van der Waals surface area contributed by atoms with Gasteiger partial charge in [-0.15, -0.1) is 0 Å². The second kappa shape index (κ2) is 10.2. The molecule has 0 bridgehead atoms. The van der Waals surface area contributed by atoms with E-state index in [9.17, 15) is 18.4 Å². The maximum absolute atomic E-state index is 12.4. The number of halogens is 2. The first kappa shape index (κ1) is 20.4. The number of hydrogen-bond donors (Lipinski definition) is 0. The van der Waals surface area contributed by atoms with Crippen LogP contribution in [0.25, 0.3) is 0 Å². The average molecular weight is 601 g/mol. The fraction of sp³-hybridized carbons (Fsp3) is 0. The standard InChI is InChI=1S/2C7H4FOSe.Au/c2*8-6-3-1-2-5(4-6)7(9)10;/h2*1-4H;. The Morgan fingerprint density at radius 1 is 0.762 bits per heavy atom. The summed E-state index contributed by atoms with van der Waals surface area (Å²) < 4.78 is 24.2. The number of hydrogen-bond acceptors (Lipinski definition) is 2. The van der Waals surface area contributed by atoms with Crippen LogP contribution >= 0.6 is 0 Å². The molecule has 0 aliphatic carbocycles. The summed E-state index contributed by atoms with van der Waals surface area (Å²) in [5, 5.41) is 0. The number of carbonyl (C=O) groups excluding carboxylic acids is 2. The third kappa shape index (κ3) is 7.84. The van der Waals surface area contributed by atoms with E-state index in [-0.39, 0.29) is 43.4 Å². The van der Waals surface area contributed by atoms with Crippen LogP contribution in [-0.4, -0.2) is 41.4 Å². The molecule has 2 rings (SSSR count). The van der Waals surface area contributed by atoms with Crippen LogP contribution in [0.5, 0.6) is 0 Å². The van der Waals surface area contributed by atoms with Gasteiger partial charge in [0.25, 0.3) is 0 Å². The zero-order valence-corrected chi connectivity index (χ0v) is 15.9. The molecule has 0 aliphatic heterocycles. The Balaban J connectivity index is 0.000000364. The SMILES string of the molecule is O=C([Se])c1cccc(F)c1.O=C([Se])c1cccc(F)c1.[Au]. The van der Waals surface area contributed by atoms with Gasteiger partial charge in [0.05, 0.1) is 0 Å². The van der Waals surface area contributed by atoms with Gasteiger partial charge in [0.2, 0.25) is 0 Å². The predicted octanol–water partition coefficient (Wildman–Crippen LogP) is 2.27. The summed E-state index contributed by atoms with van der Waals surface area (Å²) in [6.45, 7) is 0. The molecule has 2 aromatic rings. The van der Waals surface area contributed by atoms with E-state index in [1.807, 2.05) is 0 Å². The molecule has 0 saturated heterocycles. The predicted molar refractivity (Wildman–Crippen MR) is 73.0 cm³/mol. The van der Waals surface area contributed by atoms with Crippen molar-refractivity contribution < 1.29 is 40.8 Å². The zero-order valence-electron chi connectivity index (χ0n) is 10.3. The van der Waals surface area contributed by atoms with Crippen molar-refractivity contribution in [2.75, 3.05) is 0 Å². The molecule has 0 saturated carbocycles. The van der Waals surface area contributed by atoms with Gasteiger partial charge in [-0.3, -0.25) is 0 Å². The molecule has 7 heteroatoms. The Hall–Kier alpha value is -0.581. The van der Waals surface area contributed by atoms with Crippen LogP contribution < -0.4 is 0 Å². The summed E-state index contributed by atoms with van der Waals surface area (Å²) in [7, 11) is 0. The Bertz CT molecular complexity index is 580. The summed E-state index contributed by atoms with van der Waals surface area (Å²) in [4.78, 5) is 21.2. The topological polar surface area (TPSA) is 34.1 Å². The number of benzene rings is 2. The van der Waals surface area contributed by atoms with Crippen molar-refractivity contribution in [1.29, 1.82) is 0 Å². The molecule has 0 heterocycles. The molecule has 0 atom stereocenters. The summed E-state index contributed by atoms with van der Waals surface area (Å²) in [5.41, 5.74) is 0.722. The first-order chi connectivity index (χ1) is 9.40. The second-order valence-electron chi connectivity index (χ2n) is 3.60. The normalized spacial score (nSPS) is 8.86. The summed E-state index contributed by atoms with van der Waals surface area (Å²) in [5.74, 6) is -0.776. The van der Waals surface area contributed by atoms with E-state index >= 15 is 0 Å². The van der Waals surface area contributed by atoms with Gasteiger partial charge >= 0.3 is 131 Å². The molecular weight excluding hydrogens is 593 g/mol. The van der Waals surface area contributed by atoms with Crippen LogP contribution in [0.15, 0.2) is 48.5 Å². The molecule has 0 unspecified atom stereocenters. The van der Waals surface area contributed by atoms with Crippen molar-refractivity contribution in [3.05, 3.63) is 71.3 Å². The van der Waals surface area contributed by atoms with E-state index in [2.05, 4.69) is 32.0 Å². The van der Waals surface area contributed by atoms with Crippen molar-refractivity contribution >= 4 is 41.4 Å². The van der Waals surface area contributed by atoms with Gasteiger partial charge in [0.1, 0.15) is 0 Å². The minimum atomic E-state index is -0.388. The van der Waals surface area contributed by atoms with Crippen molar-refractivity contribution in [2.45, 2.75) is 0 Å². The molecule has 0 aromatic heterocycles. The van der Waals surface area contributed by atoms with Crippen molar-refractivity contribution in [3.8, 4) is 0 Å². The average Bonchev–Trinajstić information content (AvgIpc) is 2.39. The van der Waals surface area contributed by atoms with Crippen LogP contribution in [0.1, 0.15) is 20.7 Å². The molecule has 2 aromatic carbocycles. The van der Waals surface area contributed by atoms with E-state index in [4.69, 9.17) is 0 Å². The molecule has 0 amide bonds. The first-order valence-corrected chi connectivity index (χ1v) is 7.05. The first-order valence-electron chi connectivity index (χ1n) is 5.34. The van der Waals surface area contributed by atoms with Crippen molar-refractivity contribution in [2.24, 2.45) is 0 Å². The van der Waals surface area contributed by atoms with Crippen LogP contribution in [0.4, 0.5) is 8.78 Å². The van der Waals surface area contributed by atoms with Crippen molar-refractivity contribution in [3.63, 3.8) is 0 Å². The van der Waals surface area contributed by atoms with Gasteiger partial charge in [-0.2, -0.15) is 0 Å². The maximum atomic E-state index is 12.4. The second-order valence-corrected chi connectivity index (χ2v) is 5.15. The quantitative estimate of drug-likeness (QED) is 0.496. The molecule has 113 valence electrons. The van der Waals surface area contributed by atoms with Gasteiger partial charge in [-0.1, -0.05) is 0 Å². The van der Waals surface area contributed by atoms with Gasteiger partial charge in [0, 0.05) is 22.4 Å². The largest absolute Gasteiger partial charge is 0 e. The van der Waals surface area contributed by atoms with Gasteiger partial charge in [-0.25, -0.2) is 0 Å². The van der Waals surface area contributed by atoms with Crippen LogP contribution in [0.3, 0.4) is 0 Å². The maximum Gasteiger partial charge on any atom is 0 e. The smallest absolute Gasteiger partial charge is 0 e. The van der Waals surface area contributed by atoms with Crippen molar-refractivity contribution in [1.82, 2.24) is 0 Å². The number of carbonyl (C=O) groups is 2. The third-order valence-corrected chi connectivity index (χ3v) is 3.11. The van der Waals surface area contributed by atoms with Crippen LogP contribution in [-0.2, 0) is 22.4 Å². The van der Waals surface area contributed by atoms with E-state index in [0.717, 1.165) is 0 Å². The molecule has 0 spiro atoms. The van der Waals surface area contributed by atoms with Crippen LogP contribution in [0, 0.1) is 11.6 Å². The van der Waals surface area contributed by atoms with E-state index in [1.165, 1.54) is 36.4 Å². The Morgan fingerprint density at radius 2 is 1.10 bits per heavy atom. The minimum Gasteiger partial charge on any atom is 0 e. The zero-order chi connectivity index (χ0) is 15.1. The Kier molecular flexibility index (Phi) is 9.91. The minimum absolute atomic E-state index is 0. The van der Waals surface area contributed by atoms with Gasteiger partial charge in [-0.05, 0) is 0 Å². The fourth-order valence-corrected chi connectivity index (χ4v) is 1.76. The van der Waals surface area contributed by atoms with E-state index in [0.29, 0.717) is 11.1 Å². The molecular formula is C14H8AuF2O2Se2. The molecule has 2 nitrogen and oxygen atoms in total.